The summed E-state index contributed by atoms with van der Waals surface area (Å²) in [6.45, 7) is 6.11. The smallest absolute Gasteiger partial charge is 0.231 e. The van der Waals surface area contributed by atoms with Crippen LogP contribution < -0.4 is 4.74 Å². The van der Waals surface area contributed by atoms with Gasteiger partial charge in [0.2, 0.25) is 5.78 Å². The maximum absolute atomic E-state index is 12.0. The van der Waals surface area contributed by atoms with Crippen molar-refractivity contribution in [2.24, 2.45) is 5.41 Å². The Hall–Kier alpha value is -1.09. The summed E-state index contributed by atoms with van der Waals surface area (Å²) in [7, 11) is 0. The van der Waals surface area contributed by atoms with Crippen molar-refractivity contribution < 1.29 is 9.53 Å². The second-order valence-electron chi connectivity index (χ2n) is 4.95. The Kier molecular flexibility index (Phi) is 2.66. The minimum Gasteiger partial charge on any atom is -0.453 e. The summed E-state index contributed by atoms with van der Waals surface area (Å²) >= 11 is 3.36. The Morgan fingerprint density at radius 2 is 2.00 bits per heavy atom. The molecule has 1 aromatic rings. The molecule has 2 rings (SSSR count). The lowest BCUT2D eigenvalue weighted by Gasteiger charge is -2.12. The number of hydrogen-bond donors (Lipinski definition) is 0. The molecule has 0 fully saturated rings. The summed E-state index contributed by atoms with van der Waals surface area (Å²) in [5.74, 6) is 1.04. The molecule has 0 aliphatic carbocycles. The maximum Gasteiger partial charge on any atom is 0.231 e. The van der Waals surface area contributed by atoms with Crippen molar-refractivity contribution in [1.82, 2.24) is 0 Å². The van der Waals surface area contributed by atoms with Crippen LogP contribution in [0.25, 0.3) is 0 Å². The zero-order valence-electron chi connectivity index (χ0n) is 9.50. The first-order valence-electron chi connectivity index (χ1n) is 5.12. The van der Waals surface area contributed by atoms with Crippen LogP contribution in [-0.4, -0.2) is 5.78 Å². The Morgan fingerprint density at radius 1 is 1.31 bits per heavy atom. The number of benzene rings is 1. The third-order valence-corrected chi connectivity index (χ3v) is 2.69. The first-order chi connectivity index (χ1) is 7.37. The first kappa shape index (κ1) is 11.4. The van der Waals surface area contributed by atoms with E-state index in [9.17, 15) is 4.79 Å². The summed E-state index contributed by atoms with van der Waals surface area (Å²) in [6.07, 6.45) is 1.86. The van der Waals surface area contributed by atoms with E-state index in [0.717, 1.165) is 4.47 Å². The molecule has 3 heteroatoms. The van der Waals surface area contributed by atoms with Crippen molar-refractivity contribution in [3.8, 4) is 5.75 Å². The van der Waals surface area contributed by atoms with E-state index < -0.39 is 0 Å². The van der Waals surface area contributed by atoms with E-state index in [1.54, 1.807) is 6.07 Å². The van der Waals surface area contributed by atoms with Gasteiger partial charge in [-0.05, 0) is 29.7 Å². The lowest BCUT2D eigenvalue weighted by molar-refractivity contribution is 0.101. The van der Waals surface area contributed by atoms with Crippen LogP contribution >= 0.6 is 15.9 Å². The van der Waals surface area contributed by atoms with E-state index in [1.807, 2.05) is 39.0 Å². The van der Waals surface area contributed by atoms with Gasteiger partial charge in [-0.15, -0.1) is 0 Å². The number of hydrogen-bond acceptors (Lipinski definition) is 2. The Bertz CT molecular complexity index is 481. The molecule has 0 saturated heterocycles. The molecule has 1 aromatic carbocycles. The average Bonchev–Trinajstić information content (AvgIpc) is 2.40. The molecule has 16 heavy (non-hydrogen) atoms. The predicted molar refractivity (Wildman–Crippen MR) is 66.6 cm³/mol. The SMILES string of the molecule is CC(C)(C)C=C1Oc2cc(Br)ccc2C1=O. The molecule has 0 bridgehead atoms. The number of fused-ring (bicyclic) bond motifs is 1. The van der Waals surface area contributed by atoms with Gasteiger partial charge in [-0.25, -0.2) is 0 Å². The van der Waals surface area contributed by atoms with Crippen molar-refractivity contribution in [2.45, 2.75) is 20.8 Å². The van der Waals surface area contributed by atoms with Crippen LogP contribution in [0.3, 0.4) is 0 Å². The topological polar surface area (TPSA) is 26.3 Å². The van der Waals surface area contributed by atoms with Crippen molar-refractivity contribution in [3.05, 3.63) is 40.1 Å². The fraction of sp³-hybridized carbons (Fsp3) is 0.308. The van der Waals surface area contributed by atoms with Crippen molar-refractivity contribution >= 4 is 21.7 Å². The highest BCUT2D eigenvalue weighted by atomic mass is 79.9. The fourth-order valence-electron chi connectivity index (χ4n) is 1.55. The zero-order chi connectivity index (χ0) is 11.9. The number of carbonyl (C=O) groups excluding carboxylic acids is 1. The van der Waals surface area contributed by atoms with Crippen molar-refractivity contribution in [1.29, 1.82) is 0 Å². The summed E-state index contributed by atoms with van der Waals surface area (Å²) < 4.78 is 6.47. The molecule has 84 valence electrons. The molecule has 1 heterocycles. The van der Waals surface area contributed by atoms with Gasteiger partial charge >= 0.3 is 0 Å². The van der Waals surface area contributed by atoms with Gasteiger partial charge in [0.1, 0.15) is 5.75 Å². The number of halogens is 1. The highest BCUT2D eigenvalue weighted by Gasteiger charge is 2.28. The lowest BCUT2D eigenvalue weighted by Crippen LogP contribution is -2.07. The summed E-state index contributed by atoms with van der Waals surface area (Å²) in [5.41, 5.74) is 0.572. The molecule has 0 unspecified atom stereocenters. The quantitative estimate of drug-likeness (QED) is 0.673. The van der Waals surface area contributed by atoms with Crippen molar-refractivity contribution in [3.63, 3.8) is 0 Å². The summed E-state index contributed by atoms with van der Waals surface area (Å²) in [6, 6.07) is 5.45. The van der Waals surface area contributed by atoms with Gasteiger partial charge in [0.25, 0.3) is 0 Å². The lowest BCUT2D eigenvalue weighted by atomic mass is 9.95. The number of Topliss-reactive ketones (excluding diaryl/α,β-unsaturated/α-hetero) is 1. The molecule has 0 amide bonds. The van der Waals surface area contributed by atoms with Gasteiger partial charge in [0, 0.05) is 4.47 Å². The highest BCUT2D eigenvalue weighted by molar-refractivity contribution is 9.10. The normalized spacial score (nSPS) is 17.5. The maximum atomic E-state index is 12.0. The molecule has 1 aliphatic rings. The van der Waals surface area contributed by atoms with Gasteiger partial charge in [0.15, 0.2) is 5.76 Å². The molecule has 1 aliphatic heterocycles. The van der Waals surface area contributed by atoms with Gasteiger partial charge in [-0.1, -0.05) is 36.7 Å². The molecule has 0 N–H and O–H groups in total. The second kappa shape index (κ2) is 3.74. The minimum atomic E-state index is -0.0652. The van der Waals surface area contributed by atoms with Crippen LogP contribution in [0, 0.1) is 5.41 Å². The van der Waals surface area contributed by atoms with Gasteiger partial charge in [-0.2, -0.15) is 0 Å². The summed E-state index contributed by atoms with van der Waals surface area (Å²) in [5, 5.41) is 0. The van der Waals surface area contributed by atoms with Gasteiger partial charge in [0.05, 0.1) is 5.56 Å². The monoisotopic (exact) mass is 280 g/mol. The van der Waals surface area contributed by atoms with Gasteiger partial charge in [-0.3, -0.25) is 4.79 Å². The van der Waals surface area contributed by atoms with E-state index in [4.69, 9.17) is 4.74 Å². The molecule has 2 nitrogen and oxygen atoms in total. The highest BCUT2D eigenvalue weighted by Crippen LogP contribution is 2.34. The third-order valence-electron chi connectivity index (χ3n) is 2.20. The predicted octanol–water partition coefficient (Wildman–Crippen LogP) is 3.95. The Morgan fingerprint density at radius 3 is 2.62 bits per heavy atom. The molecule has 0 spiro atoms. The third kappa shape index (κ3) is 2.19. The number of ether oxygens (including phenoxy) is 1. The van der Waals surface area contributed by atoms with E-state index in [1.165, 1.54) is 0 Å². The number of rotatable bonds is 0. The largest absolute Gasteiger partial charge is 0.453 e. The molecule has 0 saturated carbocycles. The average molecular weight is 281 g/mol. The number of ketones is 1. The second-order valence-corrected chi connectivity index (χ2v) is 5.86. The van der Waals surface area contributed by atoms with Crippen molar-refractivity contribution in [2.75, 3.05) is 0 Å². The summed E-state index contributed by atoms with van der Waals surface area (Å²) in [4.78, 5) is 12.0. The molecule has 0 radical (unpaired) electrons. The Labute approximate surface area is 103 Å². The molecule has 0 atom stereocenters. The van der Waals surface area contributed by atoms with Gasteiger partial charge < -0.3 is 4.74 Å². The van der Waals surface area contributed by atoms with E-state index >= 15 is 0 Å². The number of allylic oxidation sites excluding steroid dienone is 2. The van der Waals surface area contributed by atoms with Crippen LogP contribution in [0.2, 0.25) is 0 Å². The van der Waals surface area contributed by atoms with Crippen LogP contribution in [0.1, 0.15) is 31.1 Å². The fourth-order valence-corrected chi connectivity index (χ4v) is 1.89. The van der Waals surface area contributed by atoms with Crippen LogP contribution in [0.15, 0.2) is 34.5 Å². The molecular formula is C13H13BrO2. The van der Waals surface area contributed by atoms with Crippen LogP contribution in [-0.2, 0) is 0 Å². The van der Waals surface area contributed by atoms with Crippen LogP contribution in [0.5, 0.6) is 5.75 Å². The van der Waals surface area contributed by atoms with E-state index in [0.29, 0.717) is 17.1 Å². The standard InChI is InChI=1S/C13H13BrO2/c1-13(2,3)7-11-12(15)9-5-4-8(14)6-10(9)16-11/h4-7H,1-3H3. The Balaban J connectivity index is 2.42. The minimum absolute atomic E-state index is 0.0302. The number of carbonyl (C=O) groups is 1. The van der Waals surface area contributed by atoms with E-state index in [-0.39, 0.29) is 11.2 Å². The first-order valence-corrected chi connectivity index (χ1v) is 5.91. The molecule has 0 aromatic heterocycles. The van der Waals surface area contributed by atoms with E-state index in [2.05, 4.69) is 15.9 Å². The molecular weight excluding hydrogens is 268 g/mol. The van der Waals surface area contributed by atoms with Crippen LogP contribution in [0.4, 0.5) is 0 Å². The zero-order valence-corrected chi connectivity index (χ0v) is 11.1.